The highest BCUT2D eigenvalue weighted by Crippen LogP contribution is 2.41. The molecule has 104 valence electrons. The molecule has 1 atom stereocenters. The van der Waals surface area contributed by atoms with Gasteiger partial charge in [0.2, 0.25) is 0 Å². The Labute approximate surface area is 124 Å². The summed E-state index contributed by atoms with van der Waals surface area (Å²) < 4.78 is 7.29. The van der Waals surface area contributed by atoms with Crippen LogP contribution in [0, 0.1) is 6.92 Å². The van der Waals surface area contributed by atoms with Gasteiger partial charge in [-0.2, -0.15) is 0 Å². The normalized spacial score (nSPS) is 25.7. The summed E-state index contributed by atoms with van der Waals surface area (Å²) >= 11 is 3.69. The maximum atomic E-state index is 6.10. The van der Waals surface area contributed by atoms with Crippen molar-refractivity contribution < 1.29 is 4.74 Å². The molecule has 1 spiro atoms. The third-order valence-corrected chi connectivity index (χ3v) is 5.61. The molecule has 1 aliphatic heterocycles. The first-order valence-electron chi connectivity index (χ1n) is 7.34. The van der Waals surface area contributed by atoms with E-state index in [1.54, 1.807) is 0 Å². The van der Waals surface area contributed by atoms with Gasteiger partial charge in [0.1, 0.15) is 0 Å². The predicted octanol–water partition coefficient (Wildman–Crippen LogP) is 4.66. The standard InChI is InChI=1S/C16H22BrNO/c1-12-5-4-6-14(15(12)17)18-13-7-10-19-16(11-13)8-2-3-9-16/h4-6,13,18H,2-3,7-11H2,1H3. The van der Waals surface area contributed by atoms with Gasteiger partial charge in [-0.25, -0.2) is 0 Å². The average Bonchev–Trinajstić information content (AvgIpc) is 2.83. The van der Waals surface area contributed by atoms with Crippen LogP contribution in [0.5, 0.6) is 0 Å². The van der Waals surface area contributed by atoms with E-state index in [2.05, 4.69) is 46.4 Å². The van der Waals surface area contributed by atoms with Crippen LogP contribution in [0.1, 0.15) is 44.1 Å². The van der Waals surface area contributed by atoms with Gasteiger partial charge in [0, 0.05) is 22.8 Å². The first kappa shape index (κ1) is 13.4. The number of benzene rings is 1. The van der Waals surface area contributed by atoms with E-state index in [1.165, 1.54) is 41.4 Å². The van der Waals surface area contributed by atoms with Crippen LogP contribution in [0.15, 0.2) is 22.7 Å². The van der Waals surface area contributed by atoms with E-state index >= 15 is 0 Å². The van der Waals surface area contributed by atoms with Gasteiger partial charge in [-0.05, 0) is 60.2 Å². The van der Waals surface area contributed by atoms with Gasteiger partial charge in [-0.1, -0.05) is 25.0 Å². The van der Waals surface area contributed by atoms with Crippen molar-refractivity contribution in [2.45, 2.75) is 57.1 Å². The highest BCUT2D eigenvalue weighted by atomic mass is 79.9. The molecule has 3 heteroatoms. The quantitative estimate of drug-likeness (QED) is 0.854. The molecule has 2 fully saturated rings. The Balaban J connectivity index is 1.71. The number of aryl methyl sites for hydroxylation is 1. The lowest BCUT2D eigenvalue weighted by Gasteiger charge is -2.39. The molecule has 0 bridgehead atoms. The summed E-state index contributed by atoms with van der Waals surface area (Å²) in [5.41, 5.74) is 2.69. The third kappa shape index (κ3) is 2.82. The molecular weight excluding hydrogens is 302 g/mol. The van der Waals surface area contributed by atoms with Gasteiger partial charge < -0.3 is 10.1 Å². The van der Waals surface area contributed by atoms with E-state index in [1.807, 2.05) is 0 Å². The van der Waals surface area contributed by atoms with Gasteiger partial charge in [0.15, 0.2) is 0 Å². The fourth-order valence-corrected chi connectivity index (χ4v) is 3.88. The number of hydrogen-bond donors (Lipinski definition) is 1. The summed E-state index contributed by atoms with van der Waals surface area (Å²) in [5.74, 6) is 0. The smallest absolute Gasteiger partial charge is 0.0702 e. The van der Waals surface area contributed by atoms with E-state index < -0.39 is 0 Å². The summed E-state index contributed by atoms with van der Waals surface area (Å²) in [6.07, 6.45) is 7.44. The molecule has 1 aromatic rings. The molecule has 0 radical (unpaired) electrons. The second-order valence-corrected chi connectivity index (χ2v) is 6.80. The zero-order valence-corrected chi connectivity index (χ0v) is 13.1. The minimum absolute atomic E-state index is 0.187. The minimum atomic E-state index is 0.187. The first-order valence-corrected chi connectivity index (χ1v) is 8.13. The third-order valence-electron chi connectivity index (χ3n) is 4.56. The minimum Gasteiger partial charge on any atom is -0.381 e. The fraction of sp³-hybridized carbons (Fsp3) is 0.625. The molecule has 1 aliphatic carbocycles. The Morgan fingerprint density at radius 1 is 1.32 bits per heavy atom. The van der Waals surface area contributed by atoms with Crippen molar-refractivity contribution in [1.29, 1.82) is 0 Å². The highest BCUT2D eigenvalue weighted by molar-refractivity contribution is 9.10. The number of rotatable bonds is 2. The van der Waals surface area contributed by atoms with Crippen LogP contribution < -0.4 is 5.32 Å². The van der Waals surface area contributed by atoms with Crippen LogP contribution in [0.25, 0.3) is 0 Å². The maximum absolute atomic E-state index is 6.10. The number of nitrogens with one attached hydrogen (secondary N) is 1. The van der Waals surface area contributed by atoms with Crippen LogP contribution in [-0.2, 0) is 4.74 Å². The second-order valence-electron chi connectivity index (χ2n) is 6.01. The highest BCUT2D eigenvalue weighted by Gasteiger charge is 2.39. The van der Waals surface area contributed by atoms with Crippen molar-refractivity contribution in [3.8, 4) is 0 Å². The summed E-state index contributed by atoms with van der Waals surface area (Å²) in [6, 6.07) is 6.96. The monoisotopic (exact) mass is 323 g/mol. The molecule has 1 saturated carbocycles. The van der Waals surface area contributed by atoms with Crippen molar-refractivity contribution in [2.75, 3.05) is 11.9 Å². The second kappa shape index (κ2) is 5.45. The van der Waals surface area contributed by atoms with E-state index in [-0.39, 0.29) is 5.60 Å². The molecule has 1 saturated heterocycles. The van der Waals surface area contributed by atoms with Crippen molar-refractivity contribution in [3.63, 3.8) is 0 Å². The van der Waals surface area contributed by atoms with Gasteiger partial charge >= 0.3 is 0 Å². The van der Waals surface area contributed by atoms with E-state index in [9.17, 15) is 0 Å². The molecule has 1 heterocycles. The lowest BCUT2D eigenvalue weighted by Crippen LogP contribution is -2.42. The van der Waals surface area contributed by atoms with Crippen LogP contribution >= 0.6 is 15.9 Å². The summed E-state index contributed by atoms with van der Waals surface area (Å²) in [7, 11) is 0. The van der Waals surface area contributed by atoms with Crippen LogP contribution in [0.3, 0.4) is 0 Å². The van der Waals surface area contributed by atoms with Crippen molar-refractivity contribution >= 4 is 21.6 Å². The van der Waals surface area contributed by atoms with Crippen LogP contribution in [-0.4, -0.2) is 18.2 Å². The Morgan fingerprint density at radius 2 is 2.11 bits per heavy atom. The van der Waals surface area contributed by atoms with E-state index in [4.69, 9.17) is 4.74 Å². The Morgan fingerprint density at radius 3 is 2.89 bits per heavy atom. The fourth-order valence-electron chi connectivity index (χ4n) is 3.50. The number of halogens is 1. The Bertz CT molecular complexity index is 454. The molecule has 0 aromatic heterocycles. The zero-order chi connectivity index (χ0) is 13.3. The largest absolute Gasteiger partial charge is 0.381 e. The maximum Gasteiger partial charge on any atom is 0.0702 e. The predicted molar refractivity (Wildman–Crippen MR) is 82.7 cm³/mol. The average molecular weight is 324 g/mol. The van der Waals surface area contributed by atoms with Crippen LogP contribution in [0.4, 0.5) is 5.69 Å². The van der Waals surface area contributed by atoms with Gasteiger partial charge in [-0.3, -0.25) is 0 Å². The van der Waals surface area contributed by atoms with Crippen molar-refractivity contribution in [3.05, 3.63) is 28.2 Å². The summed E-state index contributed by atoms with van der Waals surface area (Å²) in [6.45, 7) is 3.04. The molecule has 0 amide bonds. The number of anilines is 1. The molecule has 1 N–H and O–H groups in total. The SMILES string of the molecule is Cc1cccc(NC2CCOC3(CCCC3)C2)c1Br. The first-order chi connectivity index (χ1) is 9.19. The molecule has 1 aromatic carbocycles. The van der Waals surface area contributed by atoms with Gasteiger partial charge in [-0.15, -0.1) is 0 Å². The molecule has 3 rings (SSSR count). The van der Waals surface area contributed by atoms with Gasteiger partial charge in [0.05, 0.1) is 5.60 Å². The molecular formula is C16H22BrNO. The molecule has 2 nitrogen and oxygen atoms in total. The molecule has 1 unspecified atom stereocenters. The summed E-state index contributed by atoms with van der Waals surface area (Å²) in [4.78, 5) is 0. The lowest BCUT2D eigenvalue weighted by molar-refractivity contribution is -0.0767. The van der Waals surface area contributed by atoms with Gasteiger partial charge in [0.25, 0.3) is 0 Å². The van der Waals surface area contributed by atoms with Crippen molar-refractivity contribution in [1.82, 2.24) is 0 Å². The zero-order valence-electron chi connectivity index (χ0n) is 11.5. The molecule has 19 heavy (non-hydrogen) atoms. The lowest BCUT2D eigenvalue weighted by atomic mass is 9.89. The van der Waals surface area contributed by atoms with E-state index in [0.717, 1.165) is 19.4 Å². The van der Waals surface area contributed by atoms with E-state index in [0.29, 0.717) is 6.04 Å². The van der Waals surface area contributed by atoms with Crippen LogP contribution in [0.2, 0.25) is 0 Å². The topological polar surface area (TPSA) is 21.3 Å². The van der Waals surface area contributed by atoms with Crippen molar-refractivity contribution in [2.24, 2.45) is 0 Å². The molecule has 2 aliphatic rings. The Hall–Kier alpha value is -0.540. The number of hydrogen-bond acceptors (Lipinski definition) is 2. The number of ether oxygens (including phenoxy) is 1. The Kier molecular flexibility index (Phi) is 3.86. The summed E-state index contributed by atoms with van der Waals surface area (Å²) in [5, 5.41) is 3.71.